The van der Waals surface area contributed by atoms with Gasteiger partial charge in [0, 0.05) is 11.3 Å². The molecule has 0 saturated carbocycles. The predicted molar refractivity (Wildman–Crippen MR) is 96.3 cm³/mol. The van der Waals surface area contributed by atoms with E-state index in [0.29, 0.717) is 17.7 Å². The Bertz CT molecular complexity index is 884. The van der Waals surface area contributed by atoms with Crippen molar-refractivity contribution in [2.24, 2.45) is 0 Å². The van der Waals surface area contributed by atoms with Gasteiger partial charge in [-0.15, -0.1) is 0 Å². The van der Waals surface area contributed by atoms with Crippen LogP contribution in [0, 0.1) is 0 Å². The summed E-state index contributed by atoms with van der Waals surface area (Å²) in [7, 11) is 0. The molecular weight excluding hydrogens is 334 g/mol. The molecule has 1 amide bonds. The lowest BCUT2D eigenvalue weighted by atomic mass is 10.0. The summed E-state index contributed by atoms with van der Waals surface area (Å²) >= 11 is 0. The number of rotatable bonds is 7. The maximum atomic E-state index is 12.3. The van der Waals surface area contributed by atoms with Gasteiger partial charge in [-0.2, -0.15) is 0 Å². The van der Waals surface area contributed by atoms with Crippen LogP contribution in [0.3, 0.4) is 0 Å². The van der Waals surface area contributed by atoms with E-state index in [2.05, 4.69) is 5.32 Å². The maximum Gasteiger partial charge on any atom is 0.306 e. The van der Waals surface area contributed by atoms with Gasteiger partial charge in [0.15, 0.2) is 5.78 Å². The zero-order chi connectivity index (χ0) is 18.5. The van der Waals surface area contributed by atoms with Crippen molar-refractivity contribution in [2.45, 2.75) is 12.8 Å². The lowest BCUT2D eigenvalue weighted by Crippen LogP contribution is -2.04. The first-order chi connectivity index (χ1) is 12.5. The van der Waals surface area contributed by atoms with E-state index in [0.717, 1.165) is 16.8 Å². The number of carbonyl (C=O) groups excluding carboxylic acids is 2. The number of carboxylic acids is 1. The van der Waals surface area contributed by atoms with Crippen LogP contribution in [0.25, 0.3) is 6.08 Å². The Morgan fingerprint density at radius 1 is 1.15 bits per heavy atom. The van der Waals surface area contributed by atoms with Crippen LogP contribution in [0.5, 0.6) is 5.75 Å². The lowest BCUT2D eigenvalue weighted by molar-refractivity contribution is -0.137. The average molecular weight is 351 g/mol. The van der Waals surface area contributed by atoms with Crippen LogP contribution in [0.4, 0.5) is 5.69 Å². The highest BCUT2D eigenvalue weighted by Gasteiger charge is 2.18. The topological polar surface area (TPSA) is 92.7 Å². The van der Waals surface area contributed by atoms with Gasteiger partial charge in [-0.25, -0.2) is 0 Å². The molecule has 3 rings (SSSR count). The molecule has 0 atom stereocenters. The number of carbonyl (C=O) groups is 3. The molecule has 0 unspecified atom stereocenters. The van der Waals surface area contributed by atoms with Gasteiger partial charge in [-0.05, 0) is 47.5 Å². The van der Waals surface area contributed by atoms with Crippen molar-refractivity contribution < 1.29 is 24.2 Å². The van der Waals surface area contributed by atoms with E-state index < -0.39 is 5.97 Å². The number of amides is 1. The molecule has 0 radical (unpaired) electrons. The number of benzene rings is 2. The van der Waals surface area contributed by atoms with E-state index in [1.807, 2.05) is 0 Å². The summed E-state index contributed by atoms with van der Waals surface area (Å²) in [6.45, 7) is 0.110. The summed E-state index contributed by atoms with van der Waals surface area (Å²) in [5.74, 6) is -0.542. The second-order valence-corrected chi connectivity index (χ2v) is 5.86. The Hall–Kier alpha value is -3.41. The molecule has 0 spiro atoms. The van der Waals surface area contributed by atoms with E-state index in [4.69, 9.17) is 9.84 Å². The van der Waals surface area contributed by atoms with Crippen LogP contribution in [-0.4, -0.2) is 29.4 Å². The van der Waals surface area contributed by atoms with Crippen molar-refractivity contribution in [3.8, 4) is 5.75 Å². The van der Waals surface area contributed by atoms with Crippen molar-refractivity contribution in [3.63, 3.8) is 0 Å². The third-order valence-electron chi connectivity index (χ3n) is 3.91. The fourth-order valence-electron chi connectivity index (χ4n) is 2.58. The zero-order valence-corrected chi connectivity index (χ0v) is 13.9. The Labute approximate surface area is 150 Å². The number of nitrogens with one attached hydrogen (secondary N) is 1. The van der Waals surface area contributed by atoms with E-state index in [-0.39, 0.29) is 24.7 Å². The van der Waals surface area contributed by atoms with Crippen LogP contribution in [0.15, 0.2) is 48.5 Å². The van der Waals surface area contributed by atoms with Gasteiger partial charge in [-0.1, -0.05) is 18.2 Å². The molecule has 6 nitrogen and oxygen atoms in total. The smallest absolute Gasteiger partial charge is 0.306 e. The SMILES string of the molecule is O=C(O)CCOc1ccc(/C=C/C(=O)c2ccc3c(c2)CC(=O)N3)cc1. The number of hydrogen-bond donors (Lipinski definition) is 2. The molecule has 26 heavy (non-hydrogen) atoms. The minimum Gasteiger partial charge on any atom is -0.493 e. The number of ketones is 1. The molecule has 1 heterocycles. The number of allylic oxidation sites excluding steroid dienone is 1. The second kappa shape index (κ2) is 7.65. The molecule has 0 aromatic heterocycles. The largest absolute Gasteiger partial charge is 0.493 e. The van der Waals surface area contributed by atoms with Crippen molar-refractivity contribution in [1.82, 2.24) is 0 Å². The first kappa shape index (κ1) is 17.4. The van der Waals surface area contributed by atoms with Crippen molar-refractivity contribution in [1.29, 1.82) is 0 Å². The second-order valence-electron chi connectivity index (χ2n) is 5.86. The fraction of sp³-hybridized carbons (Fsp3) is 0.150. The van der Waals surface area contributed by atoms with Crippen molar-refractivity contribution in [3.05, 3.63) is 65.2 Å². The number of ether oxygens (including phenoxy) is 1. The number of aliphatic carboxylic acids is 1. The molecule has 2 aromatic carbocycles. The quantitative estimate of drug-likeness (QED) is 0.591. The number of fused-ring (bicyclic) bond motifs is 1. The minimum absolute atomic E-state index is 0.0575. The monoisotopic (exact) mass is 351 g/mol. The van der Waals surface area contributed by atoms with Gasteiger partial charge in [0.25, 0.3) is 0 Å². The highest BCUT2D eigenvalue weighted by atomic mass is 16.5. The Kier molecular flexibility index (Phi) is 5.12. The summed E-state index contributed by atoms with van der Waals surface area (Å²) in [5, 5.41) is 11.3. The number of carboxylic acid groups (broad SMARTS) is 1. The molecule has 6 heteroatoms. The van der Waals surface area contributed by atoms with Gasteiger partial charge in [0.05, 0.1) is 19.4 Å². The third-order valence-corrected chi connectivity index (χ3v) is 3.91. The first-order valence-electron chi connectivity index (χ1n) is 8.11. The number of hydrogen-bond acceptors (Lipinski definition) is 4. The normalized spacial score (nSPS) is 12.7. The van der Waals surface area contributed by atoms with Gasteiger partial charge in [-0.3, -0.25) is 14.4 Å². The first-order valence-corrected chi connectivity index (χ1v) is 8.11. The molecule has 132 valence electrons. The van der Waals surface area contributed by atoms with Crippen molar-refractivity contribution in [2.75, 3.05) is 11.9 Å². The Morgan fingerprint density at radius 3 is 2.65 bits per heavy atom. The van der Waals surface area contributed by atoms with E-state index in [9.17, 15) is 14.4 Å². The molecule has 2 N–H and O–H groups in total. The third kappa shape index (κ3) is 4.36. The zero-order valence-electron chi connectivity index (χ0n) is 13.9. The summed E-state index contributed by atoms with van der Waals surface area (Å²) in [4.78, 5) is 34.1. The van der Waals surface area contributed by atoms with Crippen LogP contribution in [0.2, 0.25) is 0 Å². The molecule has 0 aliphatic carbocycles. The van der Waals surface area contributed by atoms with Crippen LogP contribution < -0.4 is 10.1 Å². The molecule has 2 aromatic rings. The maximum absolute atomic E-state index is 12.3. The van der Waals surface area contributed by atoms with E-state index in [1.54, 1.807) is 48.5 Å². The summed E-state index contributed by atoms with van der Waals surface area (Å²) in [6.07, 6.45) is 3.41. The van der Waals surface area contributed by atoms with Gasteiger partial charge in [0.2, 0.25) is 5.91 Å². The molecule has 1 aliphatic heterocycles. The van der Waals surface area contributed by atoms with Crippen LogP contribution >= 0.6 is 0 Å². The summed E-state index contributed by atoms with van der Waals surface area (Å²) in [5.41, 5.74) is 2.94. The van der Waals surface area contributed by atoms with Crippen LogP contribution in [0.1, 0.15) is 27.9 Å². The summed E-state index contributed by atoms with van der Waals surface area (Å²) in [6, 6.07) is 12.2. The van der Waals surface area contributed by atoms with Gasteiger partial charge < -0.3 is 15.2 Å². The molecule has 0 bridgehead atoms. The minimum atomic E-state index is -0.908. The molecule has 1 aliphatic rings. The highest BCUT2D eigenvalue weighted by Crippen LogP contribution is 2.24. The Morgan fingerprint density at radius 2 is 1.92 bits per heavy atom. The van der Waals surface area contributed by atoms with Gasteiger partial charge in [0.1, 0.15) is 5.75 Å². The van der Waals surface area contributed by atoms with E-state index >= 15 is 0 Å². The fourth-order valence-corrected chi connectivity index (χ4v) is 2.58. The van der Waals surface area contributed by atoms with Gasteiger partial charge >= 0.3 is 5.97 Å². The summed E-state index contributed by atoms with van der Waals surface area (Å²) < 4.78 is 5.31. The highest BCUT2D eigenvalue weighted by molar-refractivity contribution is 6.08. The molecular formula is C20H17NO5. The molecule has 0 saturated heterocycles. The average Bonchev–Trinajstić information content (AvgIpc) is 2.99. The van der Waals surface area contributed by atoms with Crippen molar-refractivity contribution >= 4 is 29.4 Å². The predicted octanol–water partition coefficient (Wildman–Crippen LogP) is 2.93. The van der Waals surface area contributed by atoms with E-state index in [1.165, 1.54) is 6.08 Å². The number of anilines is 1. The Balaban J connectivity index is 1.61. The molecule has 0 fully saturated rings. The lowest BCUT2D eigenvalue weighted by Gasteiger charge is -2.04. The van der Waals surface area contributed by atoms with Crippen LogP contribution in [-0.2, 0) is 16.0 Å². The standard InChI is InChI=1S/C20H17NO5/c22-18(14-4-7-17-15(11-14)12-19(23)21-17)8-3-13-1-5-16(6-2-13)26-10-9-20(24)25/h1-8,11H,9-10,12H2,(H,21,23)(H,24,25)/b8-3+.